The Morgan fingerprint density at radius 3 is 1.65 bits per heavy atom. The summed E-state index contributed by atoms with van der Waals surface area (Å²) >= 11 is 0. The molecule has 2 heterocycles. The molecule has 0 radical (unpaired) electrons. The zero-order chi connectivity index (χ0) is 16.3. The van der Waals surface area contributed by atoms with Crippen LogP contribution in [0.25, 0.3) is 0 Å². The van der Waals surface area contributed by atoms with Crippen molar-refractivity contribution in [3.63, 3.8) is 0 Å². The second kappa shape index (κ2) is 9.30. The predicted octanol–water partition coefficient (Wildman–Crippen LogP) is 3.00. The number of nitrogens with zero attached hydrogens (tertiary/aromatic N) is 2. The number of anilines is 2. The van der Waals surface area contributed by atoms with Crippen molar-refractivity contribution >= 4 is 23.2 Å². The van der Waals surface area contributed by atoms with Crippen LogP contribution in [0.2, 0.25) is 0 Å². The van der Waals surface area contributed by atoms with Crippen molar-refractivity contribution in [3.8, 4) is 0 Å². The number of hydrogen-bond donors (Lipinski definition) is 2. The third kappa shape index (κ3) is 6.69. The summed E-state index contributed by atoms with van der Waals surface area (Å²) in [6, 6.07) is 7.15. The highest BCUT2D eigenvalue weighted by molar-refractivity contribution is 5.91. The monoisotopic (exact) mass is 312 g/mol. The standard InChI is InChI=1S/C17H20N4O2/c22-16(20-14-6-4-10-18-12-14)8-2-1-3-9-17(23)21-15-7-5-11-19-13-15/h4-7,10-13H,1-3,8-9H2,(H,20,22)(H,21,23). The van der Waals surface area contributed by atoms with Crippen LogP contribution in [0.3, 0.4) is 0 Å². The van der Waals surface area contributed by atoms with Gasteiger partial charge in [-0.15, -0.1) is 0 Å². The van der Waals surface area contributed by atoms with Gasteiger partial charge in [-0.25, -0.2) is 0 Å². The Hall–Kier alpha value is -2.76. The van der Waals surface area contributed by atoms with Gasteiger partial charge in [0.05, 0.1) is 23.8 Å². The lowest BCUT2D eigenvalue weighted by Crippen LogP contribution is -2.12. The molecule has 2 rings (SSSR count). The Kier molecular flexibility index (Phi) is 6.71. The number of carbonyl (C=O) groups is 2. The summed E-state index contributed by atoms with van der Waals surface area (Å²) in [5.74, 6) is -0.0596. The molecule has 0 aromatic carbocycles. The van der Waals surface area contributed by atoms with Crippen molar-refractivity contribution in [1.29, 1.82) is 0 Å². The largest absolute Gasteiger partial charge is 0.325 e. The van der Waals surface area contributed by atoms with E-state index in [1.165, 1.54) is 0 Å². The average molecular weight is 312 g/mol. The second-order valence-corrected chi connectivity index (χ2v) is 5.14. The van der Waals surface area contributed by atoms with E-state index in [1.54, 1.807) is 49.1 Å². The van der Waals surface area contributed by atoms with Gasteiger partial charge in [0, 0.05) is 25.2 Å². The number of carbonyl (C=O) groups excluding carboxylic acids is 2. The molecule has 120 valence electrons. The minimum Gasteiger partial charge on any atom is -0.325 e. The van der Waals surface area contributed by atoms with Crippen LogP contribution in [0, 0.1) is 0 Å². The molecule has 6 heteroatoms. The Bertz CT molecular complexity index is 562. The smallest absolute Gasteiger partial charge is 0.224 e. The van der Waals surface area contributed by atoms with Gasteiger partial charge in [-0.3, -0.25) is 19.6 Å². The Balaban J connectivity index is 1.55. The third-order valence-electron chi connectivity index (χ3n) is 3.20. The van der Waals surface area contributed by atoms with Gasteiger partial charge in [-0.1, -0.05) is 6.42 Å². The highest BCUT2D eigenvalue weighted by Gasteiger charge is 2.04. The number of aromatic nitrogens is 2. The molecule has 0 fully saturated rings. The summed E-state index contributed by atoms with van der Waals surface area (Å²) in [6.07, 6.45) is 9.78. The van der Waals surface area contributed by atoms with Crippen molar-refractivity contribution in [3.05, 3.63) is 49.1 Å². The number of hydrogen-bond acceptors (Lipinski definition) is 4. The van der Waals surface area contributed by atoms with E-state index >= 15 is 0 Å². The van der Waals surface area contributed by atoms with Gasteiger partial charge >= 0.3 is 0 Å². The lowest BCUT2D eigenvalue weighted by atomic mass is 10.1. The van der Waals surface area contributed by atoms with Gasteiger partial charge in [-0.05, 0) is 37.1 Å². The van der Waals surface area contributed by atoms with Crippen molar-refractivity contribution in [1.82, 2.24) is 9.97 Å². The predicted molar refractivity (Wildman–Crippen MR) is 88.8 cm³/mol. The summed E-state index contributed by atoms with van der Waals surface area (Å²) in [4.78, 5) is 31.3. The average Bonchev–Trinajstić information content (AvgIpc) is 2.56. The maximum absolute atomic E-state index is 11.7. The van der Waals surface area contributed by atoms with Crippen molar-refractivity contribution < 1.29 is 9.59 Å². The Labute approximate surface area is 135 Å². The maximum atomic E-state index is 11.7. The van der Waals surface area contributed by atoms with Crippen LogP contribution in [-0.4, -0.2) is 21.8 Å². The lowest BCUT2D eigenvalue weighted by molar-refractivity contribution is -0.116. The highest BCUT2D eigenvalue weighted by Crippen LogP contribution is 2.09. The normalized spacial score (nSPS) is 10.1. The molecule has 0 spiro atoms. The van der Waals surface area contributed by atoms with E-state index in [-0.39, 0.29) is 11.8 Å². The van der Waals surface area contributed by atoms with Crippen LogP contribution < -0.4 is 10.6 Å². The van der Waals surface area contributed by atoms with E-state index in [4.69, 9.17) is 0 Å². The van der Waals surface area contributed by atoms with Crippen LogP contribution in [0.15, 0.2) is 49.1 Å². The molecule has 2 aromatic rings. The van der Waals surface area contributed by atoms with E-state index < -0.39 is 0 Å². The fraction of sp³-hybridized carbons (Fsp3) is 0.294. The van der Waals surface area contributed by atoms with E-state index in [2.05, 4.69) is 20.6 Å². The summed E-state index contributed by atoms with van der Waals surface area (Å²) in [7, 11) is 0. The summed E-state index contributed by atoms with van der Waals surface area (Å²) < 4.78 is 0. The molecule has 0 saturated carbocycles. The number of amides is 2. The van der Waals surface area contributed by atoms with Crippen LogP contribution in [0.4, 0.5) is 11.4 Å². The minimum absolute atomic E-state index is 0.0298. The third-order valence-corrected chi connectivity index (χ3v) is 3.20. The molecule has 2 amide bonds. The number of pyridine rings is 2. The second-order valence-electron chi connectivity index (χ2n) is 5.14. The van der Waals surface area contributed by atoms with Crippen LogP contribution >= 0.6 is 0 Å². The van der Waals surface area contributed by atoms with Crippen molar-refractivity contribution in [2.75, 3.05) is 10.6 Å². The quantitative estimate of drug-likeness (QED) is 0.734. The molecular formula is C17H20N4O2. The van der Waals surface area contributed by atoms with E-state index in [9.17, 15) is 9.59 Å². The fourth-order valence-electron chi connectivity index (χ4n) is 2.07. The molecular weight excluding hydrogens is 292 g/mol. The van der Waals surface area contributed by atoms with E-state index in [0.717, 1.165) is 19.3 Å². The first-order chi connectivity index (χ1) is 11.2. The molecule has 0 aliphatic carbocycles. The molecule has 0 atom stereocenters. The summed E-state index contributed by atoms with van der Waals surface area (Å²) in [5.41, 5.74) is 1.40. The molecule has 0 bridgehead atoms. The molecule has 0 aliphatic heterocycles. The fourth-order valence-corrected chi connectivity index (χ4v) is 2.07. The molecule has 2 N–H and O–H groups in total. The van der Waals surface area contributed by atoms with Crippen LogP contribution in [0.5, 0.6) is 0 Å². The molecule has 0 unspecified atom stereocenters. The minimum atomic E-state index is -0.0298. The van der Waals surface area contributed by atoms with Gasteiger partial charge < -0.3 is 10.6 Å². The zero-order valence-electron chi connectivity index (χ0n) is 12.9. The molecule has 2 aromatic heterocycles. The lowest BCUT2D eigenvalue weighted by Gasteiger charge is -2.05. The number of nitrogens with one attached hydrogen (secondary N) is 2. The highest BCUT2D eigenvalue weighted by atomic mass is 16.2. The first-order valence-corrected chi connectivity index (χ1v) is 7.64. The van der Waals surface area contributed by atoms with Crippen LogP contribution in [0.1, 0.15) is 32.1 Å². The zero-order valence-corrected chi connectivity index (χ0v) is 12.9. The molecule has 23 heavy (non-hydrogen) atoms. The van der Waals surface area contributed by atoms with Gasteiger partial charge in [-0.2, -0.15) is 0 Å². The molecule has 0 aliphatic rings. The van der Waals surface area contributed by atoms with Gasteiger partial charge in [0.1, 0.15) is 0 Å². The number of rotatable bonds is 8. The summed E-state index contributed by atoms with van der Waals surface area (Å²) in [5, 5.41) is 5.57. The number of unbranched alkanes of at least 4 members (excludes halogenated alkanes) is 2. The Morgan fingerprint density at radius 2 is 1.26 bits per heavy atom. The molecule has 6 nitrogen and oxygen atoms in total. The molecule has 0 saturated heterocycles. The first-order valence-electron chi connectivity index (χ1n) is 7.64. The van der Waals surface area contributed by atoms with Crippen molar-refractivity contribution in [2.24, 2.45) is 0 Å². The van der Waals surface area contributed by atoms with Crippen LogP contribution in [-0.2, 0) is 9.59 Å². The Morgan fingerprint density at radius 1 is 0.783 bits per heavy atom. The topological polar surface area (TPSA) is 84.0 Å². The first kappa shape index (κ1) is 16.6. The maximum Gasteiger partial charge on any atom is 0.224 e. The van der Waals surface area contributed by atoms with Gasteiger partial charge in [0.2, 0.25) is 11.8 Å². The van der Waals surface area contributed by atoms with Gasteiger partial charge in [0.25, 0.3) is 0 Å². The van der Waals surface area contributed by atoms with E-state index in [0.29, 0.717) is 24.2 Å². The van der Waals surface area contributed by atoms with Gasteiger partial charge in [0.15, 0.2) is 0 Å². The summed E-state index contributed by atoms with van der Waals surface area (Å²) in [6.45, 7) is 0. The SMILES string of the molecule is O=C(CCCCCC(=O)Nc1cccnc1)Nc1cccnc1. The van der Waals surface area contributed by atoms with Crippen molar-refractivity contribution in [2.45, 2.75) is 32.1 Å². The van der Waals surface area contributed by atoms with E-state index in [1.807, 2.05) is 0 Å².